The van der Waals surface area contributed by atoms with Crippen molar-refractivity contribution in [1.29, 1.82) is 0 Å². The molecule has 0 spiro atoms. The molecular formula is C6H9ClN2O6P2. The van der Waals surface area contributed by atoms with Crippen molar-refractivity contribution in [2.24, 2.45) is 0 Å². The van der Waals surface area contributed by atoms with Gasteiger partial charge in [0.15, 0.2) is 0 Å². The summed E-state index contributed by atoms with van der Waals surface area (Å²) < 4.78 is 29.6. The van der Waals surface area contributed by atoms with Gasteiger partial charge in [-0.25, -0.2) is 4.98 Å². The van der Waals surface area contributed by atoms with E-state index >= 15 is 0 Å². The molecule has 1 aromatic heterocycles. The third kappa shape index (κ3) is 6.14. The standard InChI is InChI=1S/C6H9ClN2O6P2/c7-4-1-2-5(8-3-4)9-6(14-16(10)11)15-17(12)13/h1-3,6,16-17H,(H,8,9)(H,10,11)(H,12,13). The quantitative estimate of drug-likeness (QED) is 0.530. The number of anilines is 1. The average molecular weight is 303 g/mol. The molecule has 0 aliphatic rings. The van der Waals surface area contributed by atoms with Crippen molar-refractivity contribution in [1.82, 2.24) is 4.98 Å². The maximum Gasteiger partial charge on any atom is 0.320 e. The molecule has 0 saturated heterocycles. The summed E-state index contributed by atoms with van der Waals surface area (Å²) in [6.07, 6.45) is -0.234. The first-order valence-electron chi connectivity index (χ1n) is 4.14. The number of pyridine rings is 1. The van der Waals surface area contributed by atoms with E-state index in [-0.39, 0.29) is 5.82 Å². The average Bonchev–Trinajstić information content (AvgIpc) is 2.19. The van der Waals surface area contributed by atoms with Crippen molar-refractivity contribution in [2.45, 2.75) is 6.41 Å². The zero-order valence-electron chi connectivity index (χ0n) is 8.16. The van der Waals surface area contributed by atoms with Crippen LogP contribution in [0.5, 0.6) is 0 Å². The van der Waals surface area contributed by atoms with E-state index in [1.165, 1.54) is 18.3 Å². The minimum absolute atomic E-state index is 0.200. The molecule has 0 saturated carbocycles. The summed E-state index contributed by atoms with van der Waals surface area (Å²) in [5.74, 6) is 0.200. The Morgan fingerprint density at radius 2 is 1.88 bits per heavy atom. The van der Waals surface area contributed by atoms with Crippen molar-refractivity contribution in [3.63, 3.8) is 0 Å². The van der Waals surface area contributed by atoms with Crippen LogP contribution in [0.25, 0.3) is 0 Å². The highest BCUT2D eigenvalue weighted by atomic mass is 35.5. The van der Waals surface area contributed by atoms with Crippen LogP contribution in [0.3, 0.4) is 0 Å². The van der Waals surface area contributed by atoms with E-state index in [0.29, 0.717) is 5.02 Å². The van der Waals surface area contributed by atoms with E-state index in [9.17, 15) is 9.13 Å². The lowest BCUT2D eigenvalue weighted by Gasteiger charge is -2.16. The first-order chi connectivity index (χ1) is 7.97. The van der Waals surface area contributed by atoms with Crippen LogP contribution in [0.4, 0.5) is 5.82 Å². The van der Waals surface area contributed by atoms with Crippen LogP contribution in [0, 0.1) is 0 Å². The maximum atomic E-state index is 10.5. The third-order valence-electron chi connectivity index (χ3n) is 1.41. The van der Waals surface area contributed by atoms with Crippen molar-refractivity contribution in [3.05, 3.63) is 23.4 Å². The Morgan fingerprint density at radius 3 is 2.29 bits per heavy atom. The van der Waals surface area contributed by atoms with E-state index in [2.05, 4.69) is 19.3 Å². The van der Waals surface area contributed by atoms with Crippen molar-refractivity contribution in [3.8, 4) is 0 Å². The number of hydrogen-bond acceptors (Lipinski definition) is 6. The number of hydrogen-bond donors (Lipinski definition) is 3. The van der Waals surface area contributed by atoms with E-state index < -0.39 is 22.9 Å². The molecular weight excluding hydrogens is 293 g/mol. The van der Waals surface area contributed by atoms with E-state index in [0.717, 1.165) is 0 Å². The number of nitrogens with one attached hydrogen (secondary N) is 1. The van der Waals surface area contributed by atoms with Gasteiger partial charge in [0.25, 0.3) is 6.41 Å². The number of halogens is 1. The molecule has 0 aromatic carbocycles. The Hall–Kier alpha value is -0.460. The Morgan fingerprint density at radius 1 is 1.29 bits per heavy atom. The zero-order chi connectivity index (χ0) is 12.8. The summed E-state index contributed by atoms with van der Waals surface area (Å²) in [7, 11) is -6.66. The summed E-state index contributed by atoms with van der Waals surface area (Å²) in [6, 6.07) is 2.93. The molecule has 0 amide bonds. The monoisotopic (exact) mass is 302 g/mol. The highest BCUT2D eigenvalue weighted by Crippen LogP contribution is 2.26. The van der Waals surface area contributed by atoms with E-state index in [4.69, 9.17) is 21.4 Å². The zero-order valence-corrected chi connectivity index (χ0v) is 10.9. The number of rotatable bonds is 6. The smallest absolute Gasteiger partial charge is 0.320 e. The summed E-state index contributed by atoms with van der Waals surface area (Å²) >= 11 is 5.59. The molecule has 0 aliphatic heterocycles. The summed E-state index contributed by atoms with van der Waals surface area (Å²) in [6.45, 7) is 0. The van der Waals surface area contributed by atoms with Gasteiger partial charge in [-0.05, 0) is 12.1 Å². The Balaban J connectivity index is 2.67. The Kier molecular flexibility index (Phi) is 6.08. The van der Waals surface area contributed by atoms with Gasteiger partial charge in [-0.15, -0.1) is 0 Å². The van der Waals surface area contributed by atoms with Crippen LogP contribution in [0.2, 0.25) is 5.02 Å². The van der Waals surface area contributed by atoms with Gasteiger partial charge < -0.3 is 15.1 Å². The molecule has 0 aliphatic carbocycles. The van der Waals surface area contributed by atoms with Gasteiger partial charge in [0.1, 0.15) is 5.82 Å². The second-order valence-electron chi connectivity index (χ2n) is 2.61. The lowest BCUT2D eigenvalue weighted by Crippen LogP contribution is -2.22. The lowest BCUT2D eigenvalue weighted by molar-refractivity contribution is 0.0259. The maximum absolute atomic E-state index is 10.5. The topological polar surface area (TPSA) is 118 Å². The van der Waals surface area contributed by atoms with Crippen LogP contribution in [-0.2, 0) is 18.2 Å². The molecule has 2 unspecified atom stereocenters. The van der Waals surface area contributed by atoms with Crippen LogP contribution < -0.4 is 5.32 Å². The molecule has 11 heteroatoms. The van der Waals surface area contributed by atoms with Gasteiger partial charge in [0.05, 0.1) is 5.02 Å². The van der Waals surface area contributed by atoms with Crippen molar-refractivity contribution < 1.29 is 28.0 Å². The molecule has 1 rings (SSSR count). The number of nitrogens with zero attached hydrogens (tertiary/aromatic N) is 1. The molecule has 0 radical (unpaired) electrons. The second-order valence-corrected chi connectivity index (χ2v) is 4.58. The fourth-order valence-corrected chi connectivity index (χ4v) is 1.64. The Labute approximate surface area is 102 Å². The molecule has 3 N–H and O–H groups in total. The van der Waals surface area contributed by atoms with Crippen LogP contribution in [0.15, 0.2) is 18.3 Å². The van der Waals surface area contributed by atoms with Gasteiger partial charge in [-0.3, -0.25) is 18.2 Å². The highest BCUT2D eigenvalue weighted by molar-refractivity contribution is 7.32. The molecule has 1 heterocycles. The predicted molar refractivity (Wildman–Crippen MR) is 61.3 cm³/mol. The Bertz CT molecular complexity index is 399. The minimum atomic E-state index is -3.33. The van der Waals surface area contributed by atoms with Crippen LogP contribution >= 0.6 is 28.1 Å². The fraction of sp³-hybridized carbons (Fsp3) is 0.167. The molecule has 17 heavy (non-hydrogen) atoms. The minimum Gasteiger partial charge on any atom is -0.326 e. The van der Waals surface area contributed by atoms with E-state index in [1.807, 2.05) is 0 Å². The van der Waals surface area contributed by atoms with Gasteiger partial charge in [-0.2, -0.15) is 0 Å². The van der Waals surface area contributed by atoms with Gasteiger partial charge in [0.2, 0.25) is 0 Å². The fourth-order valence-electron chi connectivity index (χ4n) is 0.848. The highest BCUT2D eigenvalue weighted by Gasteiger charge is 2.14. The predicted octanol–water partition coefficient (Wildman–Crippen LogP) is 1.23. The molecule has 8 nitrogen and oxygen atoms in total. The first-order valence-corrected chi connectivity index (χ1v) is 7.05. The molecule has 0 bridgehead atoms. The van der Waals surface area contributed by atoms with E-state index in [1.54, 1.807) is 0 Å². The lowest BCUT2D eigenvalue weighted by atomic mass is 10.5. The van der Waals surface area contributed by atoms with Gasteiger partial charge in [0, 0.05) is 6.20 Å². The SMILES string of the molecule is O=[PH](O)OC(Nc1ccc(Cl)cn1)O[PH](=O)O. The summed E-state index contributed by atoms with van der Waals surface area (Å²) in [5.41, 5.74) is 0. The first kappa shape index (κ1) is 14.6. The van der Waals surface area contributed by atoms with Gasteiger partial charge >= 0.3 is 16.5 Å². The molecule has 0 fully saturated rings. The second kappa shape index (κ2) is 7.08. The molecule has 2 atom stereocenters. The molecule has 1 aromatic rings. The summed E-state index contributed by atoms with van der Waals surface area (Å²) in [5, 5.41) is 2.77. The van der Waals surface area contributed by atoms with Gasteiger partial charge in [-0.1, -0.05) is 11.6 Å². The van der Waals surface area contributed by atoms with Crippen LogP contribution in [0.1, 0.15) is 0 Å². The van der Waals surface area contributed by atoms with Crippen molar-refractivity contribution in [2.75, 3.05) is 5.32 Å². The number of aromatic nitrogens is 1. The third-order valence-corrected chi connectivity index (χ3v) is 2.46. The van der Waals surface area contributed by atoms with Crippen molar-refractivity contribution >= 4 is 33.9 Å². The summed E-state index contributed by atoms with van der Waals surface area (Å²) in [4.78, 5) is 20.9. The largest absolute Gasteiger partial charge is 0.326 e. The molecule has 96 valence electrons. The van der Waals surface area contributed by atoms with Crippen LogP contribution in [-0.4, -0.2) is 21.2 Å². The normalized spacial score (nSPS) is 16.2.